The molecule has 162 valence electrons. The molecule has 0 fully saturated rings. The van der Waals surface area contributed by atoms with E-state index in [9.17, 15) is 14.0 Å². The minimum atomic E-state index is -0.720. The van der Waals surface area contributed by atoms with E-state index in [-0.39, 0.29) is 36.7 Å². The predicted octanol–water partition coefficient (Wildman–Crippen LogP) is 3.40. The molecule has 0 bridgehead atoms. The number of para-hydroxylation sites is 2. The Morgan fingerprint density at radius 3 is 2.27 bits per heavy atom. The molecule has 2 aromatic carbocycles. The van der Waals surface area contributed by atoms with E-state index in [1.165, 1.54) is 24.1 Å². The average Bonchev–Trinajstić information content (AvgIpc) is 2.75. The van der Waals surface area contributed by atoms with Gasteiger partial charge in [-0.15, -0.1) is 0 Å². The molecule has 0 aliphatic heterocycles. The molecule has 0 radical (unpaired) electrons. The van der Waals surface area contributed by atoms with E-state index < -0.39 is 6.04 Å². The summed E-state index contributed by atoms with van der Waals surface area (Å²) in [5.41, 5.74) is 0.713. The fourth-order valence-electron chi connectivity index (χ4n) is 2.78. The number of hydrogen-bond donors (Lipinski definition) is 1. The highest BCUT2D eigenvalue weighted by Gasteiger charge is 2.26. The molecule has 2 aromatic rings. The third-order valence-corrected chi connectivity index (χ3v) is 4.54. The summed E-state index contributed by atoms with van der Waals surface area (Å²) in [7, 11) is 1.52. The van der Waals surface area contributed by atoms with Crippen molar-refractivity contribution in [3.8, 4) is 11.5 Å². The highest BCUT2D eigenvalue weighted by Crippen LogP contribution is 2.25. The van der Waals surface area contributed by atoms with E-state index in [0.717, 1.165) is 0 Å². The van der Waals surface area contributed by atoms with Gasteiger partial charge in [-0.2, -0.15) is 0 Å². The van der Waals surface area contributed by atoms with Gasteiger partial charge in [0.25, 0.3) is 5.91 Å². The molecule has 2 rings (SSSR count). The van der Waals surface area contributed by atoms with E-state index in [1.807, 2.05) is 13.8 Å². The van der Waals surface area contributed by atoms with Crippen molar-refractivity contribution in [2.75, 3.05) is 20.3 Å². The second-order valence-electron chi connectivity index (χ2n) is 7.40. The molecule has 0 aliphatic carbocycles. The van der Waals surface area contributed by atoms with Gasteiger partial charge in [0.2, 0.25) is 5.91 Å². The van der Waals surface area contributed by atoms with Crippen molar-refractivity contribution in [1.29, 1.82) is 0 Å². The normalized spacial score (nSPS) is 11.7. The average molecular weight is 416 g/mol. The Labute approximate surface area is 177 Å². The van der Waals surface area contributed by atoms with E-state index in [4.69, 9.17) is 9.47 Å². The van der Waals surface area contributed by atoms with Crippen LogP contribution in [-0.2, 0) is 16.1 Å². The van der Waals surface area contributed by atoms with E-state index in [1.54, 1.807) is 43.3 Å². The largest absolute Gasteiger partial charge is 0.493 e. The van der Waals surface area contributed by atoms with Crippen molar-refractivity contribution in [3.05, 3.63) is 59.9 Å². The highest BCUT2D eigenvalue weighted by atomic mass is 19.1. The van der Waals surface area contributed by atoms with Crippen LogP contribution in [0, 0.1) is 11.7 Å². The van der Waals surface area contributed by atoms with Crippen molar-refractivity contribution in [3.63, 3.8) is 0 Å². The van der Waals surface area contributed by atoms with Crippen LogP contribution in [0.5, 0.6) is 11.5 Å². The number of rotatable bonds is 10. The summed E-state index contributed by atoms with van der Waals surface area (Å²) in [6.45, 7) is 6.06. The first kappa shape index (κ1) is 23.2. The lowest BCUT2D eigenvalue weighted by molar-refractivity contribution is -0.142. The lowest BCUT2D eigenvalue weighted by Crippen LogP contribution is -2.49. The summed E-state index contributed by atoms with van der Waals surface area (Å²) in [6, 6.07) is 12.1. The molecule has 6 nitrogen and oxygen atoms in total. The number of halogens is 1. The number of nitrogens with zero attached hydrogens (tertiary/aromatic N) is 1. The quantitative estimate of drug-likeness (QED) is 0.645. The number of hydrogen-bond acceptors (Lipinski definition) is 4. The molecule has 2 amide bonds. The van der Waals surface area contributed by atoms with Gasteiger partial charge in [0.1, 0.15) is 11.9 Å². The summed E-state index contributed by atoms with van der Waals surface area (Å²) >= 11 is 0. The van der Waals surface area contributed by atoms with Crippen LogP contribution in [0.2, 0.25) is 0 Å². The number of carbonyl (C=O) groups is 2. The summed E-state index contributed by atoms with van der Waals surface area (Å²) in [5, 5.41) is 2.85. The third-order valence-electron chi connectivity index (χ3n) is 4.54. The number of carbonyl (C=O) groups excluding carboxylic acids is 2. The second-order valence-corrected chi connectivity index (χ2v) is 7.40. The second kappa shape index (κ2) is 11.2. The van der Waals surface area contributed by atoms with Crippen LogP contribution in [0.1, 0.15) is 26.3 Å². The Morgan fingerprint density at radius 1 is 1.03 bits per heavy atom. The Balaban J connectivity index is 2.15. The zero-order chi connectivity index (χ0) is 22.1. The number of benzene rings is 2. The van der Waals surface area contributed by atoms with E-state index >= 15 is 0 Å². The predicted molar refractivity (Wildman–Crippen MR) is 113 cm³/mol. The maximum atomic E-state index is 13.2. The standard InChI is InChI=1S/C23H29FN2O4/c1-16(2)13-25-23(28)17(3)26(14-18-9-11-19(24)12-10-18)22(27)15-30-21-8-6-5-7-20(21)29-4/h5-12,16-17H,13-15H2,1-4H3,(H,25,28). The first-order chi connectivity index (χ1) is 14.3. The third kappa shape index (κ3) is 6.76. The summed E-state index contributed by atoms with van der Waals surface area (Å²) in [5.74, 6) is 0.258. The van der Waals surface area contributed by atoms with Gasteiger partial charge in [-0.3, -0.25) is 9.59 Å². The van der Waals surface area contributed by atoms with Gasteiger partial charge in [0.15, 0.2) is 18.1 Å². The molecule has 0 aliphatic rings. The van der Waals surface area contributed by atoms with Crippen LogP contribution in [-0.4, -0.2) is 43.0 Å². The molecule has 0 saturated carbocycles. The van der Waals surface area contributed by atoms with Gasteiger partial charge >= 0.3 is 0 Å². The van der Waals surface area contributed by atoms with E-state index in [2.05, 4.69) is 5.32 Å². The van der Waals surface area contributed by atoms with Gasteiger partial charge in [-0.05, 0) is 42.7 Å². The lowest BCUT2D eigenvalue weighted by Gasteiger charge is -2.29. The molecule has 0 spiro atoms. The van der Waals surface area contributed by atoms with Gasteiger partial charge in [0.05, 0.1) is 7.11 Å². The monoisotopic (exact) mass is 416 g/mol. The molecule has 0 saturated heterocycles. The summed E-state index contributed by atoms with van der Waals surface area (Å²) in [6.07, 6.45) is 0. The van der Waals surface area contributed by atoms with Gasteiger partial charge < -0.3 is 19.7 Å². The Kier molecular flexibility index (Phi) is 8.65. The molecule has 1 N–H and O–H groups in total. The Hall–Kier alpha value is -3.09. The summed E-state index contributed by atoms with van der Waals surface area (Å²) < 4.78 is 24.1. The molecule has 1 unspecified atom stereocenters. The van der Waals surface area contributed by atoms with Crippen LogP contribution >= 0.6 is 0 Å². The summed E-state index contributed by atoms with van der Waals surface area (Å²) in [4.78, 5) is 27.0. The highest BCUT2D eigenvalue weighted by molar-refractivity contribution is 5.88. The van der Waals surface area contributed by atoms with Crippen LogP contribution < -0.4 is 14.8 Å². The zero-order valence-electron chi connectivity index (χ0n) is 17.9. The van der Waals surface area contributed by atoms with Crippen molar-refractivity contribution in [2.24, 2.45) is 5.92 Å². The minimum Gasteiger partial charge on any atom is -0.493 e. The first-order valence-corrected chi connectivity index (χ1v) is 9.89. The number of methoxy groups -OCH3 is 1. The number of amides is 2. The maximum absolute atomic E-state index is 13.2. The van der Waals surface area contributed by atoms with Crippen molar-refractivity contribution in [1.82, 2.24) is 10.2 Å². The van der Waals surface area contributed by atoms with Crippen molar-refractivity contribution < 1.29 is 23.5 Å². The van der Waals surface area contributed by atoms with Gasteiger partial charge in [-0.25, -0.2) is 4.39 Å². The molecule has 1 atom stereocenters. The zero-order valence-corrected chi connectivity index (χ0v) is 17.9. The molecule has 0 aromatic heterocycles. The van der Waals surface area contributed by atoms with Gasteiger partial charge in [-0.1, -0.05) is 38.1 Å². The number of ether oxygens (including phenoxy) is 2. The van der Waals surface area contributed by atoms with Crippen LogP contribution in [0.4, 0.5) is 4.39 Å². The van der Waals surface area contributed by atoms with Crippen LogP contribution in [0.3, 0.4) is 0 Å². The molecule has 7 heteroatoms. The fourth-order valence-corrected chi connectivity index (χ4v) is 2.78. The molecular weight excluding hydrogens is 387 g/mol. The van der Waals surface area contributed by atoms with Gasteiger partial charge in [0, 0.05) is 13.1 Å². The smallest absolute Gasteiger partial charge is 0.261 e. The van der Waals surface area contributed by atoms with Crippen molar-refractivity contribution in [2.45, 2.75) is 33.4 Å². The van der Waals surface area contributed by atoms with E-state index in [0.29, 0.717) is 23.6 Å². The first-order valence-electron chi connectivity index (χ1n) is 9.89. The Morgan fingerprint density at radius 2 is 1.67 bits per heavy atom. The van der Waals surface area contributed by atoms with Crippen molar-refractivity contribution >= 4 is 11.8 Å². The molecular formula is C23H29FN2O4. The fraction of sp³-hybridized carbons (Fsp3) is 0.391. The topological polar surface area (TPSA) is 67.9 Å². The molecule has 0 heterocycles. The number of nitrogens with one attached hydrogen (secondary N) is 1. The van der Waals surface area contributed by atoms with Crippen LogP contribution in [0.25, 0.3) is 0 Å². The molecule has 30 heavy (non-hydrogen) atoms. The minimum absolute atomic E-state index is 0.157. The Bertz CT molecular complexity index is 839. The SMILES string of the molecule is COc1ccccc1OCC(=O)N(Cc1ccc(F)cc1)C(C)C(=O)NCC(C)C. The lowest BCUT2D eigenvalue weighted by atomic mass is 10.1. The van der Waals surface area contributed by atoms with Crippen LogP contribution in [0.15, 0.2) is 48.5 Å². The maximum Gasteiger partial charge on any atom is 0.261 e.